The van der Waals surface area contributed by atoms with E-state index in [0.717, 1.165) is 31.8 Å². The summed E-state index contributed by atoms with van der Waals surface area (Å²) in [5.41, 5.74) is 6.61. The van der Waals surface area contributed by atoms with E-state index in [0.29, 0.717) is 35.1 Å². The van der Waals surface area contributed by atoms with Crippen LogP contribution in [0.4, 0.5) is 0 Å². The predicted molar refractivity (Wildman–Crippen MR) is 97.5 cm³/mol. The molecule has 23 heavy (non-hydrogen) atoms. The molecule has 0 spiro atoms. The van der Waals surface area contributed by atoms with Crippen molar-refractivity contribution < 1.29 is 4.79 Å². The Morgan fingerprint density at radius 1 is 1.04 bits per heavy atom. The molecular formula is C19H35ClN2O. The van der Waals surface area contributed by atoms with Gasteiger partial charge in [0.05, 0.1) is 0 Å². The van der Waals surface area contributed by atoms with Gasteiger partial charge >= 0.3 is 0 Å². The minimum absolute atomic E-state index is 0. The Morgan fingerprint density at radius 2 is 1.70 bits per heavy atom. The first kappa shape index (κ1) is 19.1. The summed E-state index contributed by atoms with van der Waals surface area (Å²) >= 11 is 0. The van der Waals surface area contributed by atoms with Crippen LogP contribution in [0.3, 0.4) is 0 Å². The van der Waals surface area contributed by atoms with Crippen molar-refractivity contribution in [3.05, 3.63) is 0 Å². The summed E-state index contributed by atoms with van der Waals surface area (Å²) in [5.74, 6) is 3.14. The second-order valence-corrected chi connectivity index (χ2v) is 9.25. The van der Waals surface area contributed by atoms with E-state index in [1.165, 1.54) is 32.1 Å². The molecule has 0 aromatic carbocycles. The molecule has 0 aromatic heterocycles. The fourth-order valence-corrected chi connectivity index (χ4v) is 5.12. The average molecular weight is 343 g/mol. The first-order chi connectivity index (χ1) is 10.3. The molecule has 3 nitrogen and oxygen atoms in total. The van der Waals surface area contributed by atoms with Crippen molar-refractivity contribution >= 4 is 18.3 Å². The first-order valence-electron chi connectivity index (χ1n) is 9.38. The highest BCUT2D eigenvalue weighted by molar-refractivity contribution is 5.85. The summed E-state index contributed by atoms with van der Waals surface area (Å²) in [5, 5.41) is 0. The molecule has 3 aliphatic rings. The van der Waals surface area contributed by atoms with Gasteiger partial charge in [-0.3, -0.25) is 4.79 Å². The van der Waals surface area contributed by atoms with Crippen LogP contribution in [0.2, 0.25) is 0 Å². The van der Waals surface area contributed by atoms with Crippen LogP contribution >= 0.6 is 12.4 Å². The maximum atomic E-state index is 12.6. The SMILES string of the molecule is CC(C)(C)C1CCC(CC(=O)N2CC3CCC(N)C3C2)CC1.Cl. The molecule has 1 saturated heterocycles. The Hall–Kier alpha value is -0.280. The molecule has 1 heterocycles. The molecular weight excluding hydrogens is 308 g/mol. The maximum absolute atomic E-state index is 12.6. The molecule has 4 heteroatoms. The lowest BCUT2D eigenvalue weighted by Crippen LogP contribution is -2.35. The lowest BCUT2D eigenvalue weighted by Gasteiger charge is -2.37. The topological polar surface area (TPSA) is 46.3 Å². The lowest BCUT2D eigenvalue weighted by molar-refractivity contribution is -0.131. The third kappa shape index (κ3) is 4.22. The number of amides is 1. The van der Waals surface area contributed by atoms with E-state index >= 15 is 0 Å². The molecule has 2 saturated carbocycles. The number of nitrogens with zero attached hydrogens (tertiary/aromatic N) is 1. The highest BCUT2D eigenvalue weighted by Crippen LogP contribution is 2.41. The number of carbonyl (C=O) groups is 1. The molecule has 3 fully saturated rings. The molecule has 0 aromatic rings. The van der Waals surface area contributed by atoms with Gasteiger partial charge in [0.2, 0.25) is 5.91 Å². The number of hydrogen-bond donors (Lipinski definition) is 1. The number of carbonyl (C=O) groups excluding carboxylic acids is 1. The zero-order chi connectivity index (χ0) is 15.9. The monoisotopic (exact) mass is 342 g/mol. The third-order valence-corrected chi connectivity index (χ3v) is 6.80. The summed E-state index contributed by atoms with van der Waals surface area (Å²) in [6.45, 7) is 8.98. The van der Waals surface area contributed by atoms with Crippen molar-refractivity contribution in [2.45, 2.75) is 71.8 Å². The van der Waals surface area contributed by atoms with Crippen molar-refractivity contribution in [2.75, 3.05) is 13.1 Å². The van der Waals surface area contributed by atoms with E-state index in [2.05, 4.69) is 25.7 Å². The van der Waals surface area contributed by atoms with Crippen LogP contribution in [0.5, 0.6) is 0 Å². The Morgan fingerprint density at radius 3 is 2.26 bits per heavy atom. The molecule has 3 atom stereocenters. The number of nitrogens with two attached hydrogens (primary N) is 1. The van der Waals surface area contributed by atoms with Gasteiger partial charge in [-0.1, -0.05) is 20.8 Å². The van der Waals surface area contributed by atoms with Crippen molar-refractivity contribution in [3.63, 3.8) is 0 Å². The molecule has 1 amide bonds. The summed E-state index contributed by atoms with van der Waals surface area (Å²) in [4.78, 5) is 14.7. The van der Waals surface area contributed by atoms with E-state index in [9.17, 15) is 4.79 Å². The zero-order valence-electron chi connectivity index (χ0n) is 15.1. The van der Waals surface area contributed by atoms with Gasteiger partial charge in [0, 0.05) is 25.6 Å². The van der Waals surface area contributed by atoms with Crippen LogP contribution in [0.1, 0.15) is 65.7 Å². The van der Waals surface area contributed by atoms with Crippen LogP contribution in [-0.4, -0.2) is 29.9 Å². The van der Waals surface area contributed by atoms with Crippen LogP contribution < -0.4 is 5.73 Å². The average Bonchev–Trinajstić information content (AvgIpc) is 3.01. The van der Waals surface area contributed by atoms with Crippen LogP contribution in [0.25, 0.3) is 0 Å². The standard InChI is InChI=1S/C19H34N2O.ClH/c1-19(2,3)15-7-4-13(5-8-15)10-18(22)21-11-14-6-9-17(20)16(14)12-21;/h13-17H,4-12,20H2,1-3H3;1H. The summed E-state index contributed by atoms with van der Waals surface area (Å²) in [7, 11) is 0. The van der Waals surface area contributed by atoms with Crippen molar-refractivity contribution in [1.29, 1.82) is 0 Å². The number of halogens is 1. The molecule has 3 unspecified atom stereocenters. The van der Waals surface area contributed by atoms with Crippen LogP contribution in [-0.2, 0) is 4.79 Å². The quantitative estimate of drug-likeness (QED) is 0.828. The van der Waals surface area contributed by atoms with E-state index in [1.807, 2.05) is 0 Å². The highest BCUT2D eigenvalue weighted by Gasteiger charge is 2.42. The van der Waals surface area contributed by atoms with E-state index < -0.39 is 0 Å². The smallest absolute Gasteiger partial charge is 0.222 e. The number of rotatable bonds is 2. The molecule has 2 N–H and O–H groups in total. The minimum Gasteiger partial charge on any atom is -0.342 e. The van der Waals surface area contributed by atoms with Crippen molar-refractivity contribution in [2.24, 2.45) is 34.8 Å². The van der Waals surface area contributed by atoms with Crippen LogP contribution in [0, 0.1) is 29.1 Å². The fraction of sp³-hybridized carbons (Fsp3) is 0.947. The molecule has 0 radical (unpaired) electrons. The summed E-state index contributed by atoms with van der Waals surface area (Å²) < 4.78 is 0. The Bertz CT molecular complexity index is 412. The Kier molecular flexibility index (Phi) is 6.05. The van der Waals surface area contributed by atoms with Gasteiger partial charge in [-0.15, -0.1) is 12.4 Å². The second kappa shape index (κ2) is 7.31. The third-order valence-electron chi connectivity index (χ3n) is 6.80. The Balaban J connectivity index is 0.00000192. The zero-order valence-corrected chi connectivity index (χ0v) is 15.9. The van der Waals surface area contributed by atoms with Crippen LogP contribution in [0.15, 0.2) is 0 Å². The summed E-state index contributed by atoms with van der Waals surface area (Å²) in [6, 6.07) is 0.338. The molecule has 2 aliphatic carbocycles. The highest BCUT2D eigenvalue weighted by atomic mass is 35.5. The normalized spacial score (nSPS) is 37.4. The van der Waals surface area contributed by atoms with E-state index in [4.69, 9.17) is 5.73 Å². The van der Waals surface area contributed by atoms with Gasteiger partial charge < -0.3 is 10.6 Å². The van der Waals surface area contributed by atoms with Crippen molar-refractivity contribution in [1.82, 2.24) is 4.90 Å². The van der Waals surface area contributed by atoms with Gasteiger partial charge in [0.1, 0.15) is 0 Å². The van der Waals surface area contributed by atoms with E-state index in [-0.39, 0.29) is 12.4 Å². The number of hydrogen-bond acceptors (Lipinski definition) is 2. The maximum Gasteiger partial charge on any atom is 0.222 e. The largest absolute Gasteiger partial charge is 0.342 e. The minimum atomic E-state index is 0. The first-order valence-corrected chi connectivity index (χ1v) is 9.38. The summed E-state index contributed by atoms with van der Waals surface area (Å²) in [6.07, 6.45) is 8.27. The van der Waals surface area contributed by atoms with Gasteiger partial charge in [0.15, 0.2) is 0 Å². The van der Waals surface area contributed by atoms with Gasteiger partial charge in [-0.05, 0) is 67.6 Å². The van der Waals surface area contributed by atoms with Crippen molar-refractivity contribution in [3.8, 4) is 0 Å². The lowest BCUT2D eigenvalue weighted by atomic mass is 9.69. The molecule has 134 valence electrons. The van der Waals surface area contributed by atoms with Gasteiger partial charge in [0.25, 0.3) is 0 Å². The van der Waals surface area contributed by atoms with Gasteiger partial charge in [-0.2, -0.15) is 0 Å². The van der Waals surface area contributed by atoms with E-state index in [1.54, 1.807) is 0 Å². The predicted octanol–water partition coefficient (Wildman–Crippen LogP) is 3.85. The fourth-order valence-electron chi connectivity index (χ4n) is 5.12. The number of likely N-dealkylation sites (tertiary alicyclic amines) is 1. The second-order valence-electron chi connectivity index (χ2n) is 9.25. The number of fused-ring (bicyclic) bond motifs is 1. The Labute approximate surface area is 148 Å². The van der Waals surface area contributed by atoms with Gasteiger partial charge in [-0.25, -0.2) is 0 Å². The molecule has 1 aliphatic heterocycles. The molecule has 3 rings (SSSR count). The molecule has 0 bridgehead atoms.